The minimum absolute atomic E-state index is 0.0122. The van der Waals surface area contributed by atoms with E-state index in [0.29, 0.717) is 5.56 Å². The number of phenols is 1. The average Bonchev–Trinajstić information content (AvgIpc) is 2.60. The van der Waals surface area contributed by atoms with Crippen molar-refractivity contribution in [1.29, 1.82) is 0 Å². The number of halogens is 3. The molecule has 0 saturated heterocycles. The van der Waals surface area contributed by atoms with Gasteiger partial charge in [0.25, 0.3) is 0 Å². The third-order valence-corrected chi connectivity index (χ3v) is 6.01. The molecule has 3 aromatic rings. The van der Waals surface area contributed by atoms with E-state index in [9.17, 15) is 17.9 Å². The molecule has 0 amide bonds. The molecule has 3 rings (SSSR count). The highest BCUT2D eigenvalue weighted by Crippen LogP contribution is 2.36. The normalized spacial score (nSPS) is 11.5. The molecule has 0 aliphatic rings. The Morgan fingerprint density at radius 1 is 0.923 bits per heavy atom. The molecule has 3 nitrogen and oxygen atoms in total. The second-order valence-electron chi connectivity index (χ2n) is 5.67. The zero-order valence-electron chi connectivity index (χ0n) is 13.3. The topological polar surface area (TPSA) is 54.4 Å². The van der Waals surface area contributed by atoms with Crippen LogP contribution in [0.4, 0.5) is 4.39 Å². The first kappa shape index (κ1) is 18.7. The summed E-state index contributed by atoms with van der Waals surface area (Å²) >= 11 is 11.6. The monoisotopic (exact) mass is 410 g/mol. The summed E-state index contributed by atoms with van der Waals surface area (Å²) in [6.07, 6.45) is 0. The molecule has 0 fully saturated rings. The Morgan fingerprint density at radius 3 is 2.31 bits per heavy atom. The summed E-state index contributed by atoms with van der Waals surface area (Å²) in [5.74, 6) is -1.89. The lowest BCUT2D eigenvalue weighted by Crippen LogP contribution is -2.07. The van der Waals surface area contributed by atoms with Gasteiger partial charge in [0.05, 0.1) is 10.8 Å². The quantitative estimate of drug-likeness (QED) is 0.619. The van der Waals surface area contributed by atoms with E-state index in [1.807, 2.05) is 30.3 Å². The summed E-state index contributed by atoms with van der Waals surface area (Å²) in [6, 6.07) is 15.8. The number of phenolic OH excluding ortho intramolecular Hbond substituents is 1. The maximum absolute atomic E-state index is 14.2. The van der Waals surface area contributed by atoms with Crippen molar-refractivity contribution in [1.82, 2.24) is 0 Å². The molecular formula is C19H13Cl2FO3S. The predicted octanol–water partition coefficient (Wildman–Crippen LogP) is 5.48. The lowest BCUT2D eigenvalue weighted by molar-refractivity contribution is 0.459. The van der Waals surface area contributed by atoms with Crippen molar-refractivity contribution in [2.24, 2.45) is 0 Å². The number of benzene rings is 3. The van der Waals surface area contributed by atoms with Gasteiger partial charge in [0, 0.05) is 10.6 Å². The van der Waals surface area contributed by atoms with Crippen LogP contribution in [0.3, 0.4) is 0 Å². The first-order valence-corrected chi connectivity index (χ1v) is 9.93. The molecule has 0 aliphatic carbocycles. The van der Waals surface area contributed by atoms with Crippen LogP contribution in [0.2, 0.25) is 10.0 Å². The Morgan fingerprint density at radius 2 is 1.62 bits per heavy atom. The van der Waals surface area contributed by atoms with Crippen molar-refractivity contribution in [3.05, 3.63) is 82.1 Å². The summed E-state index contributed by atoms with van der Waals surface area (Å²) in [4.78, 5) is -0.431. The van der Waals surface area contributed by atoms with Crippen LogP contribution in [0.1, 0.15) is 5.56 Å². The third kappa shape index (κ3) is 3.85. The Bertz CT molecular complexity index is 1070. The van der Waals surface area contributed by atoms with Gasteiger partial charge in [-0.05, 0) is 35.4 Å². The number of hydrogen-bond acceptors (Lipinski definition) is 3. The molecule has 0 radical (unpaired) electrons. The molecule has 0 aromatic heterocycles. The lowest BCUT2D eigenvalue weighted by Gasteiger charge is -2.11. The minimum Gasteiger partial charge on any atom is -0.505 e. The van der Waals surface area contributed by atoms with Crippen LogP contribution >= 0.6 is 23.2 Å². The Kier molecular flexibility index (Phi) is 5.23. The van der Waals surface area contributed by atoms with Crippen LogP contribution in [-0.2, 0) is 15.6 Å². The van der Waals surface area contributed by atoms with Gasteiger partial charge in [0.2, 0.25) is 0 Å². The van der Waals surface area contributed by atoms with Crippen molar-refractivity contribution in [2.75, 3.05) is 0 Å². The smallest absolute Gasteiger partial charge is 0.186 e. The highest BCUT2D eigenvalue weighted by Gasteiger charge is 2.24. The van der Waals surface area contributed by atoms with Crippen LogP contribution < -0.4 is 0 Å². The summed E-state index contributed by atoms with van der Waals surface area (Å²) in [7, 11) is -4.07. The highest BCUT2D eigenvalue weighted by molar-refractivity contribution is 7.90. The number of aromatic hydroxyl groups is 1. The summed E-state index contributed by atoms with van der Waals surface area (Å²) in [5.41, 5.74) is 1.51. The molecule has 1 N–H and O–H groups in total. The summed E-state index contributed by atoms with van der Waals surface area (Å²) in [5, 5.41) is 9.85. The number of sulfone groups is 1. The molecule has 0 unspecified atom stereocenters. The van der Waals surface area contributed by atoms with Gasteiger partial charge < -0.3 is 5.11 Å². The van der Waals surface area contributed by atoms with E-state index in [1.54, 1.807) is 6.07 Å². The van der Waals surface area contributed by atoms with Crippen molar-refractivity contribution >= 4 is 33.0 Å². The van der Waals surface area contributed by atoms with Crippen LogP contribution in [0.25, 0.3) is 11.1 Å². The molecule has 7 heteroatoms. The van der Waals surface area contributed by atoms with Crippen molar-refractivity contribution in [2.45, 2.75) is 10.6 Å². The summed E-state index contributed by atoms with van der Waals surface area (Å²) < 4.78 is 39.6. The van der Waals surface area contributed by atoms with E-state index in [0.717, 1.165) is 11.6 Å². The Hall–Kier alpha value is -2.08. The first-order valence-electron chi connectivity index (χ1n) is 7.52. The SMILES string of the molecule is O=S(=O)(Cc1cc(-c2ccccc2)ccc1F)c1cc(Cl)cc(Cl)c1O. The second-order valence-corrected chi connectivity index (χ2v) is 8.47. The van der Waals surface area contributed by atoms with E-state index < -0.39 is 32.1 Å². The molecule has 3 aromatic carbocycles. The van der Waals surface area contributed by atoms with Gasteiger partial charge in [-0.25, -0.2) is 12.8 Å². The zero-order valence-corrected chi connectivity index (χ0v) is 15.6. The predicted molar refractivity (Wildman–Crippen MR) is 101 cm³/mol. The fraction of sp³-hybridized carbons (Fsp3) is 0.0526. The average molecular weight is 411 g/mol. The standard InChI is InChI=1S/C19H13Cl2FO3S/c20-15-9-16(21)19(23)18(10-15)26(24,25)11-14-8-13(6-7-17(14)22)12-4-2-1-3-5-12/h1-10,23H,11H2. The molecule has 0 heterocycles. The Labute approximate surface area is 160 Å². The van der Waals surface area contributed by atoms with Crippen LogP contribution in [-0.4, -0.2) is 13.5 Å². The fourth-order valence-electron chi connectivity index (χ4n) is 2.56. The van der Waals surface area contributed by atoms with E-state index in [4.69, 9.17) is 23.2 Å². The molecule has 0 spiro atoms. The number of rotatable bonds is 4. The third-order valence-electron chi connectivity index (χ3n) is 3.83. The molecule has 134 valence electrons. The largest absolute Gasteiger partial charge is 0.505 e. The zero-order chi connectivity index (χ0) is 18.9. The molecule has 0 bridgehead atoms. The molecule has 0 saturated carbocycles. The van der Waals surface area contributed by atoms with Gasteiger partial charge >= 0.3 is 0 Å². The fourth-order valence-corrected chi connectivity index (χ4v) is 4.67. The number of hydrogen-bond donors (Lipinski definition) is 1. The maximum atomic E-state index is 14.2. The van der Waals surface area contributed by atoms with Gasteiger partial charge in [-0.2, -0.15) is 0 Å². The van der Waals surface area contributed by atoms with Gasteiger partial charge in [-0.1, -0.05) is 59.6 Å². The van der Waals surface area contributed by atoms with Gasteiger partial charge in [-0.3, -0.25) is 0 Å². The van der Waals surface area contributed by atoms with E-state index in [2.05, 4.69) is 0 Å². The molecular weight excluding hydrogens is 398 g/mol. The molecule has 0 atom stereocenters. The van der Waals surface area contributed by atoms with E-state index >= 15 is 0 Å². The van der Waals surface area contributed by atoms with Gasteiger partial charge in [-0.15, -0.1) is 0 Å². The van der Waals surface area contributed by atoms with Crippen molar-refractivity contribution in [3.63, 3.8) is 0 Å². The van der Waals surface area contributed by atoms with Gasteiger partial charge in [0.1, 0.15) is 10.7 Å². The lowest BCUT2D eigenvalue weighted by atomic mass is 10.0. The van der Waals surface area contributed by atoms with Crippen molar-refractivity contribution in [3.8, 4) is 16.9 Å². The Balaban J connectivity index is 2.03. The second kappa shape index (κ2) is 7.27. The first-order chi connectivity index (χ1) is 12.3. The maximum Gasteiger partial charge on any atom is 0.186 e. The molecule has 0 aliphatic heterocycles. The van der Waals surface area contributed by atoms with Crippen LogP contribution in [0.15, 0.2) is 65.6 Å². The van der Waals surface area contributed by atoms with Gasteiger partial charge in [0.15, 0.2) is 15.6 Å². The van der Waals surface area contributed by atoms with Crippen molar-refractivity contribution < 1.29 is 17.9 Å². The highest BCUT2D eigenvalue weighted by atomic mass is 35.5. The van der Waals surface area contributed by atoms with Crippen LogP contribution in [0.5, 0.6) is 5.75 Å². The van der Waals surface area contributed by atoms with E-state index in [1.165, 1.54) is 18.2 Å². The van der Waals surface area contributed by atoms with Crippen LogP contribution in [0, 0.1) is 5.82 Å². The molecule has 26 heavy (non-hydrogen) atoms. The minimum atomic E-state index is -4.07. The summed E-state index contributed by atoms with van der Waals surface area (Å²) in [6.45, 7) is 0. The van der Waals surface area contributed by atoms with E-state index in [-0.39, 0.29) is 15.6 Å².